The Morgan fingerprint density at radius 2 is 0.980 bits per heavy atom. The molecule has 2 heteroatoms. The molecule has 11 rings (SSSR count). The van der Waals surface area contributed by atoms with Gasteiger partial charge >= 0.3 is 0 Å². The van der Waals surface area contributed by atoms with Gasteiger partial charge in [-0.25, -0.2) is 0 Å². The van der Waals surface area contributed by atoms with Crippen LogP contribution in [0.25, 0.3) is 54.2 Å². The van der Waals surface area contributed by atoms with Crippen LogP contribution in [-0.4, -0.2) is 0 Å². The van der Waals surface area contributed by atoms with Crippen LogP contribution in [0.1, 0.15) is 21.6 Å². The number of nitrogens with zero attached hydrogens (tertiary/aromatic N) is 1. The fraction of sp³-hybridized carbons (Fsp3) is 0.0204. The molecule has 0 saturated carbocycles. The summed E-state index contributed by atoms with van der Waals surface area (Å²) in [4.78, 5) is 3.86. The Bertz CT molecular complexity index is 2810. The fourth-order valence-electron chi connectivity index (χ4n) is 8.87. The largest absolute Gasteiger partial charge is 0.310 e. The molecule has 1 nitrogen and oxygen atoms in total. The second kappa shape index (κ2) is 10.9. The van der Waals surface area contributed by atoms with E-state index < -0.39 is 0 Å². The molecule has 0 fully saturated rings. The second-order valence-corrected chi connectivity index (χ2v) is 14.7. The number of anilines is 3. The average molecular weight is 666 g/mol. The number of rotatable bonds is 4. The Kier molecular flexibility index (Phi) is 6.11. The van der Waals surface area contributed by atoms with Gasteiger partial charge in [0.1, 0.15) is 0 Å². The van der Waals surface area contributed by atoms with Gasteiger partial charge in [-0.2, -0.15) is 0 Å². The average Bonchev–Trinajstić information content (AvgIpc) is 3.82. The summed E-state index contributed by atoms with van der Waals surface area (Å²) in [5, 5.41) is 3.82. The first-order valence-electron chi connectivity index (χ1n) is 17.6. The van der Waals surface area contributed by atoms with Gasteiger partial charge < -0.3 is 4.90 Å². The molecule has 2 aliphatic carbocycles. The van der Waals surface area contributed by atoms with Crippen molar-refractivity contribution in [1.82, 2.24) is 0 Å². The van der Waals surface area contributed by atoms with Gasteiger partial charge in [-0.05, 0) is 97.7 Å². The minimum Gasteiger partial charge on any atom is -0.310 e. The van der Waals surface area contributed by atoms with Crippen LogP contribution in [0, 0.1) is 0 Å². The Morgan fingerprint density at radius 1 is 0.392 bits per heavy atom. The number of hydrogen-bond donors (Lipinski definition) is 0. The number of benzene rings is 8. The molecule has 2 aliphatic rings. The molecular weight excluding hydrogens is 635 g/mol. The van der Waals surface area contributed by atoms with E-state index in [1.54, 1.807) is 0 Å². The Balaban J connectivity index is 1.15. The lowest BCUT2D eigenvalue weighted by molar-refractivity contribution is 0.811. The van der Waals surface area contributed by atoms with E-state index in [2.05, 4.69) is 193 Å². The van der Waals surface area contributed by atoms with Gasteiger partial charge in [0, 0.05) is 37.6 Å². The van der Waals surface area contributed by atoms with Gasteiger partial charge in [0.05, 0.1) is 5.41 Å². The third-order valence-corrected chi connectivity index (χ3v) is 12.3. The summed E-state index contributed by atoms with van der Waals surface area (Å²) in [6, 6.07) is 69.5. The molecule has 1 atom stereocenters. The minimum absolute atomic E-state index is 0.356. The van der Waals surface area contributed by atoms with Crippen LogP contribution >= 0.6 is 11.3 Å². The van der Waals surface area contributed by atoms with Crippen LogP contribution in [0.4, 0.5) is 17.1 Å². The number of fused-ring (bicyclic) bond motifs is 13. The topological polar surface area (TPSA) is 3.24 Å². The van der Waals surface area contributed by atoms with E-state index in [0.717, 1.165) is 17.1 Å². The zero-order chi connectivity index (χ0) is 33.5. The lowest BCUT2D eigenvalue weighted by Crippen LogP contribution is -2.25. The van der Waals surface area contributed by atoms with Crippen molar-refractivity contribution in [3.8, 4) is 33.4 Å². The van der Waals surface area contributed by atoms with Crippen LogP contribution in [0.15, 0.2) is 188 Å². The van der Waals surface area contributed by atoms with Crippen molar-refractivity contribution in [2.45, 2.75) is 5.41 Å². The summed E-state index contributed by atoms with van der Waals surface area (Å²) in [6.07, 6.45) is 0. The summed E-state index contributed by atoms with van der Waals surface area (Å²) < 4.78 is 1.35. The Hall–Kier alpha value is -6.22. The van der Waals surface area contributed by atoms with Crippen molar-refractivity contribution in [1.29, 1.82) is 0 Å². The molecule has 0 aliphatic heterocycles. The SMILES string of the molecule is c1ccc(-c2ccc(N(c3ccc4c(c3)-c3ccccc3C43c4ccccc4-c4c3sc3ccccc43)c3ccc4ccccc4c3)cc2)cc1. The lowest BCUT2D eigenvalue weighted by atomic mass is 9.74. The molecule has 1 unspecified atom stereocenters. The van der Waals surface area contributed by atoms with Crippen molar-refractivity contribution >= 4 is 49.3 Å². The first-order valence-corrected chi connectivity index (χ1v) is 18.4. The molecule has 1 heterocycles. The molecule has 0 radical (unpaired) electrons. The van der Waals surface area contributed by atoms with Gasteiger partial charge in [-0.15, -0.1) is 11.3 Å². The van der Waals surface area contributed by atoms with Gasteiger partial charge in [0.15, 0.2) is 0 Å². The highest BCUT2D eigenvalue weighted by Gasteiger charge is 2.53. The van der Waals surface area contributed by atoms with Crippen molar-refractivity contribution in [3.05, 3.63) is 210 Å². The molecule has 51 heavy (non-hydrogen) atoms. The molecule has 238 valence electrons. The van der Waals surface area contributed by atoms with E-state index in [0.29, 0.717) is 0 Å². The van der Waals surface area contributed by atoms with E-state index >= 15 is 0 Å². The maximum absolute atomic E-state index is 2.44. The first-order chi connectivity index (χ1) is 25.3. The van der Waals surface area contributed by atoms with Crippen LogP contribution in [0.2, 0.25) is 0 Å². The predicted octanol–water partition coefficient (Wildman–Crippen LogP) is 13.5. The molecule has 0 N–H and O–H groups in total. The molecule has 9 aromatic rings. The van der Waals surface area contributed by atoms with Gasteiger partial charge in [0.25, 0.3) is 0 Å². The van der Waals surface area contributed by atoms with E-state index in [1.807, 2.05) is 11.3 Å². The normalized spacial score (nSPS) is 15.1. The van der Waals surface area contributed by atoms with E-state index in [9.17, 15) is 0 Å². The zero-order valence-corrected chi connectivity index (χ0v) is 28.6. The summed E-state index contributed by atoms with van der Waals surface area (Å²) in [5.41, 5.74) is 15.0. The predicted molar refractivity (Wildman–Crippen MR) is 216 cm³/mol. The standard InChI is InChI=1S/C49H31NS/c1-2-12-32(13-3-1)34-22-25-36(26-23-34)50(37-27-24-33-14-4-5-15-35(33)30-37)38-28-29-45-42(31-38)39-16-6-9-19-43(39)49(45)44-20-10-7-17-40(44)47-41-18-8-11-21-46(41)51-48(47)49/h1-31H. The zero-order valence-electron chi connectivity index (χ0n) is 27.8. The monoisotopic (exact) mass is 665 g/mol. The summed E-state index contributed by atoms with van der Waals surface area (Å²) in [6.45, 7) is 0. The van der Waals surface area contributed by atoms with Crippen molar-refractivity contribution in [3.63, 3.8) is 0 Å². The molecule has 0 saturated heterocycles. The van der Waals surface area contributed by atoms with Gasteiger partial charge in [-0.3, -0.25) is 0 Å². The van der Waals surface area contributed by atoms with Crippen LogP contribution < -0.4 is 4.90 Å². The van der Waals surface area contributed by atoms with Crippen molar-refractivity contribution in [2.24, 2.45) is 0 Å². The number of hydrogen-bond acceptors (Lipinski definition) is 2. The molecule has 0 amide bonds. The molecule has 0 bridgehead atoms. The van der Waals surface area contributed by atoms with Crippen molar-refractivity contribution < 1.29 is 0 Å². The summed E-state index contributed by atoms with van der Waals surface area (Å²) in [5.74, 6) is 0. The number of thiophene rings is 1. The van der Waals surface area contributed by atoms with Crippen LogP contribution in [0.5, 0.6) is 0 Å². The smallest absolute Gasteiger partial charge is 0.0819 e. The Morgan fingerprint density at radius 3 is 1.82 bits per heavy atom. The summed E-state index contributed by atoms with van der Waals surface area (Å²) >= 11 is 1.96. The second-order valence-electron chi connectivity index (χ2n) is 13.7. The minimum atomic E-state index is -0.356. The molecule has 1 spiro atoms. The van der Waals surface area contributed by atoms with Gasteiger partial charge in [-0.1, -0.05) is 146 Å². The Labute approximate surface area is 301 Å². The summed E-state index contributed by atoms with van der Waals surface area (Å²) in [7, 11) is 0. The van der Waals surface area contributed by atoms with Gasteiger partial charge in [0.2, 0.25) is 0 Å². The van der Waals surface area contributed by atoms with E-state index in [-0.39, 0.29) is 5.41 Å². The quantitative estimate of drug-likeness (QED) is 0.181. The fourth-order valence-corrected chi connectivity index (χ4v) is 10.3. The molecule has 1 aromatic heterocycles. The third kappa shape index (κ3) is 4.03. The molecular formula is C49H31NS. The van der Waals surface area contributed by atoms with E-state index in [4.69, 9.17) is 0 Å². The molecule has 8 aromatic carbocycles. The lowest BCUT2D eigenvalue weighted by Gasteiger charge is -2.30. The van der Waals surface area contributed by atoms with Crippen molar-refractivity contribution in [2.75, 3.05) is 4.90 Å². The maximum atomic E-state index is 2.44. The first kappa shape index (κ1) is 28.6. The third-order valence-electron chi connectivity index (χ3n) is 11.0. The van der Waals surface area contributed by atoms with Crippen LogP contribution in [-0.2, 0) is 5.41 Å². The highest BCUT2D eigenvalue weighted by atomic mass is 32.1. The van der Waals surface area contributed by atoms with E-state index in [1.165, 1.54) is 75.8 Å². The maximum Gasteiger partial charge on any atom is 0.0819 e. The van der Waals surface area contributed by atoms with Crippen LogP contribution in [0.3, 0.4) is 0 Å². The highest BCUT2D eigenvalue weighted by molar-refractivity contribution is 7.20. The highest BCUT2D eigenvalue weighted by Crippen LogP contribution is 2.66.